The maximum Gasteiger partial charge on any atom is 0.472 e. The van der Waals surface area contributed by atoms with Crippen molar-refractivity contribution in [3.05, 3.63) is 24.8 Å². The van der Waals surface area contributed by atoms with Crippen molar-refractivity contribution in [3.63, 3.8) is 0 Å². The van der Waals surface area contributed by atoms with E-state index in [1.165, 1.54) is 32.1 Å². The number of unbranched alkanes of at least 4 members (excludes halogenated alkanes) is 2. The van der Waals surface area contributed by atoms with Gasteiger partial charge in [-0.05, 0) is 0 Å². The Bertz CT molecular complexity index is 143. The molecule has 0 heterocycles. The summed E-state index contributed by atoms with van der Waals surface area (Å²) in [7, 11) is 0. The molecule has 0 aromatic heterocycles. The van der Waals surface area contributed by atoms with E-state index in [1.807, 2.05) is 6.08 Å². The quantitative estimate of drug-likeness (QED) is 0.340. The van der Waals surface area contributed by atoms with Crippen molar-refractivity contribution in [2.45, 2.75) is 43.1 Å². The Balaban J connectivity index is 3.50. The van der Waals surface area contributed by atoms with E-state index in [1.54, 1.807) is 0 Å². The molecule has 0 nitrogen and oxygen atoms in total. The first kappa shape index (κ1) is 13.7. The van der Waals surface area contributed by atoms with Gasteiger partial charge in [-0.2, -0.15) is 0 Å². The van der Waals surface area contributed by atoms with E-state index in [2.05, 4.69) is 38.5 Å². The first-order valence-electron chi connectivity index (χ1n) is 5.18. The van der Waals surface area contributed by atoms with E-state index in [4.69, 9.17) is 0 Å². The van der Waals surface area contributed by atoms with Gasteiger partial charge < -0.3 is 12.9 Å². The van der Waals surface area contributed by atoms with Gasteiger partial charge in [0.1, 0.15) is 0 Å². The topological polar surface area (TPSA) is 0 Å². The van der Waals surface area contributed by atoms with Crippen LogP contribution in [0.15, 0.2) is 24.8 Å². The minimum absolute atomic E-state index is 0.00101. The molecular weight excluding hydrogens is 236 g/mol. The monoisotopic (exact) mass is 254 g/mol. The van der Waals surface area contributed by atoms with Crippen molar-refractivity contribution >= 4 is 31.1 Å². The van der Waals surface area contributed by atoms with Gasteiger partial charge in [-0.15, -0.1) is 4.05 Å². The molecule has 0 N–H and O–H groups in total. The molecule has 1 unspecified atom stereocenters. The molecule has 0 fully saturated rings. The van der Waals surface area contributed by atoms with Crippen LogP contribution in [-0.2, 0) is 0 Å². The highest BCUT2D eigenvalue weighted by molar-refractivity contribution is 9.23. The summed E-state index contributed by atoms with van der Waals surface area (Å²) < 4.78 is 0.947. The van der Waals surface area contributed by atoms with Gasteiger partial charge in [0.15, 0.2) is 0 Å². The minimum Gasteiger partial charge on any atom is -0.306 e. The molecule has 0 aromatic rings. The van der Waals surface area contributed by atoms with Gasteiger partial charge in [0.05, 0.1) is 0 Å². The van der Waals surface area contributed by atoms with Crippen molar-refractivity contribution in [2.24, 2.45) is 0 Å². The van der Waals surface area contributed by atoms with Crippen LogP contribution in [0.4, 0.5) is 0 Å². The number of hydrogen-bond donors (Lipinski definition) is 0. The average molecular weight is 255 g/mol. The van der Waals surface area contributed by atoms with Crippen LogP contribution in [0.1, 0.15) is 39.0 Å². The Morgan fingerprint density at radius 2 is 2.23 bits per heavy atom. The highest BCUT2D eigenvalue weighted by atomic mass is 79.9. The van der Waals surface area contributed by atoms with E-state index in [-0.39, 0.29) is 18.2 Å². The molecule has 0 aliphatic heterocycles. The zero-order valence-corrected chi connectivity index (χ0v) is 11.6. The molecule has 0 aromatic carbocycles. The van der Waals surface area contributed by atoms with Crippen molar-refractivity contribution in [2.75, 3.05) is 0 Å². The number of hydrogen-bond acceptors (Lipinski definition) is 0. The summed E-state index contributed by atoms with van der Waals surface area (Å²) in [4.78, 5) is 0. The van der Waals surface area contributed by atoms with E-state index >= 15 is 0 Å². The Morgan fingerprint density at radius 1 is 1.46 bits per heavy atom. The Hall–Kier alpha value is 0.726. The summed E-state index contributed by atoms with van der Waals surface area (Å²) in [5.74, 6) is 0. The molecule has 13 heavy (non-hydrogen) atoms. The van der Waals surface area contributed by atoms with Crippen LogP contribution in [0.3, 0.4) is 0 Å². The highest BCUT2D eigenvalue weighted by Crippen LogP contribution is 2.21. The van der Waals surface area contributed by atoms with E-state index in [9.17, 15) is 0 Å². The van der Waals surface area contributed by atoms with Crippen LogP contribution in [0.2, 0.25) is 4.05 Å². The second-order valence-corrected chi connectivity index (χ2v) is 6.82. The van der Waals surface area contributed by atoms with Crippen LogP contribution >= 0.6 is 12.9 Å². The number of rotatable bonds is 8. The lowest BCUT2D eigenvalue weighted by Gasteiger charge is -2.09. The lowest BCUT2D eigenvalue weighted by atomic mass is 10.1. The summed E-state index contributed by atoms with van der Waals surface area (Å²) in [5.41, 5.74) is 0. The van der Waals surface area contributed by atoms with Gasteiger partial charge in [0.25, 0.3) is 0 Å². The van der Waals surface area contributed by atoms with Gasteiger partial charge in [-0.3, -0.25) is 0 Å². The van der Waals surface area contributed by atoms with Crippen LogP contribution < -0.4 is 0 Å². The lowest BCUT2D eigenvalue weighted by Crippen LogP contribution is -1.96. The Morgan fingerprint density at radius 3 is 2.77 bits per heavy atom. The third kappa shape index (κ3) is 9.04. The fourth-order valence-corrected chi connectivity index (χ4v) is 3.83. The molecule has 0 rings (SSSR count). The predicted octanol–water partition coefficient (Wildman–Crippen LogP) is 4.50. The second kappa shape index (κ2) is 10.8. The Kier molecular flexibility index (Phi) is 11.4. The molecule has 2 heteroatoms. The SMILES string of the molecule is C=CC=CC[CH](CCCCC)[Mg][Br]. The maximum atomic E-state index is 3.70. The largest absolute Gasteiger partial charge is 0.472 e. The zero-order valence-electron chi connectivity index (χ0n) is 8.64. The number of allylic oxidation sites excluding steroid dienone is 3. The highest BCUT2D eigenvalue weighted by Gasteiger charge is 2.07. The molecule has 1 atom stereocenters. The van der Waals surface area contributed by atoms with Crippen LogP contribution in [0.5, 0.6) is 0 Å². The van der Waals surface area contributed by atoms with Crippen molar-refractivity contribution < 1.29 is 0 Å². The first-order valence-corrected chi connectivity index (χ1v) is 9.90. The van der Waals surface area contributed by atoms with Crippen LogP contribution in [0, 0.1) is 0 Å². The van der Waals surface area contributed by atoms with Gasteiger partial charge in [0, 0.05) is 0 Å². The Labute approximate surface area is 98.5 Å². The van der Waals surface area contributed by atoms with E-state index < -0.39 is 0 Å². The summed E-state index contributed by atoms with van der Waals surface area (Å²) in [6.07, 6.45) is 12.9. The third-order valence-corrected chi connectivity index (χ3v) is 6.10. The van der Waals surface area contributed by atoms with E-state index in [0.29, 0.717) is 0 Å². The number of halogens is 1. The molecule has 0 spiro atoms. The molecule has 0 amide bonds. The van der Waals surface area contributed by atoms with E-state index in [0.717, 1.165) is 4.05 Å². The average Bonchev–Trinajstić information content (AvgIpc) is 2.16. The second-order valence-electron chi connectivity index (χ2n) is 3.42. The first-order chi connectivity index (χ1) is 6.35. The summed E-state index contributed by atoms with van der Waals surface area (Å²) in [6, 6.07) is 0. The van der Waals surface area contributed by atoms with Crippen molar-refractivity contribution in [3.8, 4) is 0 Å². The zero-order chi connectivity index (χ0) is 9.94. The molecule has 0 saturated carbocycles. The predicted molar refractivity (Wildman–Crippen MR) is 66.5 cm³/mol. The van der Waals surface area contributed by atoms with Gasteiger partial charge in [-0.25, -0.2) is 0 Å². The van der Waals surface area contributed by atoms with Crippen molar-refractivity contribution in [1.29, 1.82) is 0 Å². The fourth-order valence-electron chi connectivity index (χ4n) is 1.31. The molecule has 0 radical (unpaired) electrons. The molecule has 0 saturated heterocycles. The maximum absolute atomic E-state index is 3.70. The lowest BCUT2D eigenvalue weighted by molar-refractivity contribution is 0.636. The normalized spacial score (nSPS) is 12.8. The molecule has 0 aliphatic rings. The minimum atomic E-state index is -0.00101. The summed E-state index contributed by atoms with van der Waals surface area (Å²) in [6.45, 7) is 5.93. The summed E-state index contributed by atoms with van der Waals surface area (Å²) >= 11 is 3.70. The van der Waals surface area contributed by atoms with Crippen molar-refractivity contribution in [1.82, 2.24) is 0 Å². The standard InChI is InChI=1S/C11H19.BrH.Mg/c1-3-5-7-9-11-10-8-6-4-2;;/h3,5,7,11H,1,4,6,8-10H2,2H3;1H;/q;;+1/p-1. The molecule has 0 aliphatic carbocycles. The molecular formula is C11H19BrMg. The fraction of sp³-hybridized carbons (Fsp3) is 0.636. The van der Waals surface area contributed by atoms with Gasteiger partial charge >= 0.3 is 18.2 Å². The summed E-state index contributed by atoms with van der Waals surface area (Å²) in [5, 5.41) is 0. The van der Waals surface area contributed by atoms with Gasteiger partial charge in [-0.1, -0.05) is 63.8 Å². The molecule has 0 bridgehead atoms. The third-order valence-electron chi connectivity index (χ3n) is 2.18. The van der Waals surface area contributed by atoms with Crippen LogP contribution in [0.25, 0.3) is 0 Å². The van der Waals surface area contributed by atoms with Crippen LogP contribution in [-0.4, -0.2) is 18.2 Å². The smallest absolute Gasteiger partial charge is 0.306 e. The molecule has 72 valence electrons. The van der Waals surface area contributed by atoms with Gasteiger partial charge in [0.2, 0.25) is 0 Å².